The van der Waals surface area contributed by atoms with E-state index in [9.17, 15) is 13.6 Å². The number of anilines is 1. The molecule has 1 aromatic heterocycles. The number of fused-ring (bicyclic) bond motifs is 1. The number of thioether (sulfide) groups is 1. The summed E-state index contributed by atoms with van der Waals surface area (Å²) in [6.07, 6.45) is 1.73. The maximum Gasteiger partial charge on any atom is 0.487 e. The minimum Gasteiger partial charge on any atom is -0.420 e. The Bertz CT molecular complexity index is 1100. The summed E-state index contributed by atoms with van der Waals surface area (Å²) in [4.78, 5) is 17.0. The number of nitrogens with one attached hydrogen (secondary N) is 1. The molecule has 1 aliphatic heterocycles. The zero-order chi connectivity index (χ0) is 19.9. The van der Waals surface area contributed by atoms with Gasteiger partial charge in [0.05, 0.1) is 11.0 Å². The number of rotatable bonds is 5. The normalized spacial score (nSPS) is 13.8. The fourth-order valence-corrected chi connectivity index (χ4v) is 3.97. The van der Waals surface area contributed by atoms with Crippen LogP contribution in [-0.4, -0.2) is 26.8 Å². The zero-order valence-electron chi connectivity index (χ0n) is 14.0. The smallest absolute Gasteiger partial charge is 0.420 e. The van der Waals surface area contributed by atoms with E-state index in [0.29, 0.717) is 16.8 Å². The lowest BCUT2D eigenvalue weighted by Crippen LogP contribution is -2.15. The van der Waals surface area contributed by atoms with Crippen LogP contribution in [0.4, 0.5) is 14.5 Å². The van der Waals surface area contributed by atoms with E-state index in [1.807, 2.05) is 4.57 Å². The Hall–Kier alpha value is -2.10. The van der Waals surface area contributed by atoms with Crippen LogP contribution in [0.15, 0.2) is 52.6 Å². The molecule has 1 N–H and O–H groups in total. The highest BCUT2D eigenvalue weighted by atomic mass is 79.9. The number of benzene rings is 2. The SMILES string of the molecule is O=C(Nc1ccc(OC(F)(F)Cl)cc1)c1cc(Br)c2c(c1)ncn2C1=CSC1. The van der Waals surface area contributed by atoms with Crippen LogP contribution >= 0.6 is 39.3 Å². The molecular formula is C18H11BrClF2N3O2S. The van der Waals surface area contributed by atoms with Crippen molar-refractivity contribution in [3.05, 3.63) is 58.2 Å². The van der Waals surface area contributed by atoms with Crippen molar-refractivity contribution in [1.82, 2.24) is 9.55 Å². The lowest BCUT2D eigenvalue weighted by Gasteiger charge is -2.16. The molecule has 0 saturated carbocycles. The first kappa shape index (κ1) is 19.2. The number of carbonyl (C=O) groups is 1. The summed E-state index contributed by atoms with van der Waals surface area (Å²) < 4.78 is 32.3. The van der Waals surface area contributed by atoms with E-state index >= 15 is 0 Å². The van der Waals surface area contributed by atoms with E-state index in [0.717, 1.165) is 21.4 Å². The minimum absolute atomic E-state index is 0.115. The van der Waals surface area contributed by atoms with Crippen molar-refractivity contribution >= 4 is 67.6 Å². The highest BCUT2D eigenvalue weighted by molar-refractivity contribution is 9.10. The van der Waals surface area contributed by atoms with Crippen molar-refractivity contribution in [2.45, 2.75) is 5.57 Å². The van der Waals surface area contributed by atoms with Crippen molar-refractivity contribution in [3.8, 4) is 5.75 Å². The number of carbonyl (C=O) groups excluding carboxylic acids is 1. The standard InChI is InChI=1S/C18H11BrClF2N3O2S/c19-14-5-10(6-15-16(14)25(9-23-15)12-7-28-8-12)17(26)24-11-1-3-13(4-2-11)27-18(20,21)22/h1-7,9H,8H2,(H,24,26). The second-order valence-electron chi connectivity index (χ2n) is 5.89. The molecule has 2 heterocycles. The van der Waals surface area contributed by atoms with Crippen LogP contribution in [0.2, 0.25) is 0 Å². The third kappa shape index (κ3) is 4.01. The Morgan fingerprint density at radius 1 is 1.32 bits per heavy atom. The maximum atomic E-state index is 12.6. The quantitative estimate of drug-likeness (QED) is 0.466. The molecule has 0 radical (unpaired) electrons. The Morgan fingerprint density at radius 3 is 2.64 bits per heavy atom. The van der Waals surface area contributed by atoms with Crippen molar-refractivity contribution < 1.29 is 18.3 Å². The molecule has 10 heteroatoms. The number of aromatic nitrogens is 2. The maximum absolute atomic E-state index is 12.6. The van der Waals surface area contributed by atoms with E-state index in [-0.39, 0.29) is 11.7 Å². The van der Waals surface area contributed by atoms with Gasteiger partial charge in [-0.3, -0.25) is 4.79 Å². The van der Waals surface area contributed by atoms with E-state index in [4.69, 9.17) is 11.6 Å². The lowest BCUT2D eigenvalue weighted by molar-refractivity contribution is -0.0964. The summed E-state index contributed by atoms with van der Waals surface area (Å²) >= 11 is 9.97. The molecule has 28 heavy (non-hydrogen) atoms. The molecule has 0 atom stereocenters. The Kier molecular flexibility index (Phi) is 5.07. The van der Waals surface area contributed by atoms with E-state index in [1.165, 1.54) is 24.3 Å². The summed E-state index contributed by atoms with van der Waals surface area (Å²) in [7, 11) is 0. The molecule has 0 unspecified atom stereocenters. The average Bonchev–Trinajstić information content (AvgIpc) is 2.98. The van der Waals surface area contributed by atoms with Gasteiger partial charge in [0.15, 0.2) is 0 Å². The van der Waals surface area contributed by atoms with Crippen LogP contribution in [0.1, 0.15) is 10.4 Å². The predicted octanol–water partition coefficient (Wildman–Crippen LogP) is 5.76. The van der Waals surface area contributed by atoms with Crippen molar-refractivity contribution in [1.29, 1.82) is 0 Å². The summed E-state index contributed by atoms with van der Waals surface area (Å²) in [5.74, 6) is 0.443. The average molecular weight is 487 g/mol. The molecule has 0 saturated heterocycles. The van der Waals surface area contributed by atoms with Gasteiger partial charge in [0.25, 0.3) is 5.91 Å². The number of halogens is 4. The summed E-state index contributed by atoms with van der Waals surface area (Å²) in [5.41, 5.74) is -0.223. The largest absolute Gasteiger partial charge is 0.487 e. The molecule has 4 rings (SSSR count). The first-order valence-electron chi connectivity index (χ1n) is 7.95. The third-order valence-electron chi connectivity index (χ3n) is 3.96. The second-order valence-corrected chi connectivity index (χ2v) is 8.04. The monoisotopic (exact) mass is 485 g/mol. The molecule has 1 amide bonds. The Labute approximate surface area is 175 Å². The number of hydrogen-bond acceptors (Lipinski definition) is 4. The van der Waals surface area contributed by atoms with Crippen LogP contribution < -0.4 is 10.1 Å². The first-order chi connectivity index (χ1) is 13.3. The summed E-state index contributed by atoms with van der Waals surface area (Å²) in [6, 6.07) is 8.88. The van der Waals surface area contributed by atoms with Gasteiger partial charge in [-0.15, -0.1) is 20.5 Å². The Morgan fingerprint density at radius 2 is 2.04 bits per heavy atom. The van der Waals surface area contributed by atoms with E-state index in [1.54, 1.807) is 30.2 Å². The highest BCUT2D eigenvalue weighted by Gasteiger charge is 2.27. The molecule has 0 aliphatic carbocycles. The fraction of sp³-hybridized carbons (Fsp3) is 0.111. The summed E-state index contributed by atoms with van der Waals surface area (Å²) in [6.45, 7) is 0. The predicted molar refractivity (Wildman–Crippen MR) is 110 cm³/mol. The molecule has 0 bridgehead atoms. The van der Waals surface area contributed by atoms with Gasteiger partial charge >= 0.3 is 5.57 Å². The Balaban J connectivity index is 1.54. The molecule has 144 valence electrons. The van der Waals surface area contributed by atoms with Crippen molar-refractivity contribution in [2.24, 2.45) is 0 Å². The number of ether oxygens (including phenoxy) is 1. The first-order valence-corrected chi connectivity index (χ1v) is 10.2. The van der Waals surface area contributed by atoms with Crippen LogP contribution in [0.25, 0.3) is 16.7 Å². The second kappa shape index (κ2) is 7.38. The van der Waals surface area contributed by atoms with Gasteiger partial charge in [-0.2, -0.15) is 0 Å². The van der Waals surface area contributed by atoms with Crippen molar-refractivity contribution in [3.63, 3.8) is 0 Å². The number of nitrogens with zero attached hydrogens (tertiary/aromatic N) is 2. The van der Waals surface area contributed by atoms with E-state index < -0.39 is 5.57 Å². The molecule has 3 aromatic rings. The van der Waals surface area contributed by atoms with Gasteiger partial charge in [-0.25, -0.2) is 4.98 Å². The topological polar surface area (TPSA) is 56.1 Å². The van der Waals surface area contributed by atoms with Gasteiger partial charge in [-0.1, -0.05) is 0 Å². The van der Waals surface area contributed by atoms with Gasteiger partial charge in [-0.05, 0) is 57.7 Å². The molecule has 5 nitrogen and oxygen atoms in total. The van der Waals surface area contributed by atoms with Crippen LogP contribution in [0, 0.1) is 0 Å². The van der Waals surface area contributed by atoms with Crippen LogP contribution in [0.3, 0.4) is 0 Å². The number of imidazole rings is 1. The van der Waals surface area contributed by atoms with Gasteiger partial charge in [0.2, 0.25) is 0 Å². The zero-order valence-corrected chi connectivity index (χ0v) is 17.1. The summed E-state index contributed by atoms with van der Waals surface area (Å²) in [5, 5.41) is 4.76. The minimum atomic E-state index is -3.79. The highest BCUT2D eigenvalue weighted by Crippen LogP contribution is 2.33. The van der Waals surface area contributed by atoms with E-state index in [2.05, 4.69) is 36.4 Å². The molecule has 1 aliphatic rings. The number of hydrogen-bond donors (Lipinski definition) is 1. The molecule has 2 aromatic carbocycles. The third-order valence-corrected chi connectivity index (χ3v) is 5.55. The van der Waals surface area contributed by atoms with Gasteiger partial charge < -0.3 is 14.6 Å². The van der Waals surface area contributed by atoms with Crippen LogP contribution in [-0.2, 0) is 0 Å². The van der Waals surface area contributed by atoms with Crippen LogP contribution in [0.5, 0.6) is 5.75 Å². The molecular weight excluding hydrogens is 476 g/mol. The lowest BCUT2D eigenvalue weighted by atomic mass is 10.1. The van der Waals surface area contributed by atoms with Crippen molar-refractivity contribution in [2.75, 3.05) is 11.1 Å². The molecule has 0 fully saturated rings. The van der Waals surface area contributed by atoms with Gasteiger partial charge in [0.1, 0.15) is 12.1 Å². The number of alkyl halides is 3. The molecule has 0 spiro atoms. The number of amides is 1. The fourth-order valence-electron chi connectivity index (χ4n) is 2.68. The van der Waals surface area contributed by atoms with Gasteiger partial charge in [0, 0.05) is 38.8 Å².